The highest BCUT2D eigenvalue weighted by Crippen LogP contribution is 2.26. The summed E-state index contributed by atoms with van der Waals surface area (Å²) in [5.74, 6) is 6.36. The minimum absolute atomic E-state index is 0.494. The lowest BCUT2D eigenvalue weighted by Crippen LogP contribution is -2.34. The standard InChI is InChI=1S/C21H25N3O/c1-21(2,25)11-9-17-5-7-18(8-6-17)14-24-13-3-4-19(15-24)20-10-12-22-16-23-20/h5-8,10,12,16,19,25H,3-4,13-15H2,1-2H3/t19-/m0/s1. The van der Waals surface area contributed by atoms with Gasteiger partial charge in [0, 0.05) is 36.5 Å². The van der Waals surface area contributed by atoms with E-state index in [1.807, 2.05) is 24.4 Å². The molecule has 3 rings (SSSR count). The van der Waals surface area contributed by atoms with Gasteiger partial charge in [-0.1, -0.05) is 24.0 Å². The van der Waals surface area contributed by atoms with E-state index in [0.717, 1.165) is 30.9 Å². The van der Waals surface area contributed by atoms with Gasteiger partial charge >= 0.3 is 0 Å². The van der Waals surface area contributed by atoms with Gasteiger partial charge in [-0.05, 0) is 57.0 Å². The van der Waals surface area contributed by atoms with E-state index in [1.54, 1.807) is 20.2 Å². The Morgan fingerprint density at radius 3 is 2.72 bits per heavy atom. The molecule has 25 heavy (non-hydrogen) atoms. The van der Waals surface area contributed by atoms with Gasteiger partial charge in [-0.3, -0.25) is 4.90 Å². The number of rotatable bonds is 3. The molecule has 1 aromatic heterocycles. The minimum Gasteiger partial charge on any atom is -0.378 e. The minimum atomic E-state index is -0.956. The maximum Gasteiger partial charge on any atom is 0.120 e. The monoisotopic (exact) mass is 335 g/mol. The quantitative estimate of drug-likeness (QED) is 0.876. The Labute approximate surface area is 149 Å². The van der Waals surface area contributed by atoms with E-state index in [2.05, 4.69) is 38.8 Å². The molecule has 2 heterocycles. The molecular formula is C21H25N3O. The summed E-state index contributed by atoms with van der Waals surface area (Å²) in [4.78, 5) is 10.9. The van der Waals surface area contributed by atoms with E-state index in [0.29, 0.717) is 5.92 Å². The zero-order chi connectivity index (χ0) is 17.7. The van der Waals surface area contributed by atoms with Crippen LogP contribution < -0.4 is 0 Å². The first-order valence-electron chi connectivity index (χ1n) is 8.82. The predicted molar refractivity (Wildman–Crippen MR) is 98.9 cm³/mol. The van der Waals surface area contributed by atoms with Crippen molar-refractivity contribution in [3.05, 3.63) is 59.7 Å². The summed E-state index contributed by atoms with van der Waals surface area (Å²) in [6, 6.07) is 10.3. The van der Waals surface area contributed by atoms with Gasteiger partial charge < -0.3 is 5.11 Å². The van der Waals surface area contributed by atoms with Gasteiger partial charge in [0.25, 0.3) is 0 Å². The SMILES string of the molecule is CC(C)(O)C#Cc1ccc(CN2CCC[C@H](c3ccncn3)C2)cc1. The number of hydrogen-bond acceptors (Lipinski definition) is 4. The second-order valence-electron chi connectivity index (χ2n) is 7.21. The molecule has 1 aliphatic heterocycles. The topological polar surface area (TPSA) is 49.2 Å². The largest absolute Gasteiger partial charge is 0.378 e. The molecule has 4 heteroatoms. The highest BCUT2D eigenvalue weighted by atomic mass is 16.3. The molecule has 1 atom stereocenters. The van der Waals surface area contributed by atoms with Crippen LogP contribution in [0.15, 0.2) is 42.9 Å². The lowest BCUT2D eigenvalue weighted by atomic mass is 9.94. The van der Waals surface area contributed by atoms with Crippen LogP contribution in [0.2, 0.25) is 0 Å². The second-order valence-corrected chi connectivity index (χ2v) is 7.21. The third-order valence-electron chi connectivity index (χ3n) is 4.40. The molecule has 0 radical (unpaired) electrons. The highest BCUT2D eigenvalue weighted by Gasteiger charge is 2.22. The summed E-state index contributed by atoms with van der Waals surface area (Å²) in [5, 5.41) is 9.68. The molecule has 0 unspecified atom stereocenters. The first kappa shape index (κ1) is 17.6. The molecule has 2 aromatic rings. The van der Waals surface area contributed by atoms with Crippen molar-refractivity contribution in [1.29, 1.82) is 0 Å². The highest BCUT2D eigenvalue weighted by molar-refractivity contribution is 5.37. The third-order valence-corrected chi connectivity index (χ3v) is 4.40. The summed E-state index contributed by atoms with van der Waals surface area (Å²) < 4.78 is 0. The van der Waals surface area contributed by atoms with Crippen LogP contribution >= 0.6 is 0 Å². The van der Waals surface area contributed by atoms with Crippen LogP contribution in [0.25, 0.3) is 0 Å². The fourth-order valence-electron chi connectivity index (χ4n) is 3.16. The van der Waals surface area contributed by atoms with Crippen molar-refractivity contribution in [2.75, 3.05) is 13.1 Å². The zero-order valence-electron chi connectivity index (χ0n) is 14.9. The molecule has 1 aliphatic rings. The number of nitrogens with zero attached hydrogens (tertiary/aromatic N) is 3. The molecule has 0 bridgehead atoms. The van der Waals surface area contributed by atoms with Crippen molar-refractivity contribution in [1.82, 2.24) is 14.9 Å². The molecule has 1 saturated heterocycles. The van der Waals surface area contributed by atoms with Crippen molar-refractivity contribution < 1.29 is 5.11 Å². The van der Waals surface area contributed by atoms with Gasteiger partial charge in [0.15, 0.2) is 0 Å². The summed E-state index contributed by atoms with van der Waals surface area (Å²) >= 11 is 0. The van der Waals surface area contributed by atoms with Crippen LogP contribution in [0.3, 0.4) is 0 Å². The number of aromatic nitrogens is 2. The van der Waals surface area contributed by atoms with Gasteiger partial charge in [0.2, 0.25) is 0 Å². The zero-order valence-corrected chi connectivity index (χ0v) is 14.9. The van der Waals surface area contributed by atoms with Gasteiger partial charge in [0.05, 0.1) is 0 Å². The molecular weight excluding hydrogens is 310 g/mol. The Morgan fingerprint density at radius 1 is 1.24 bits per heavy atom. The van der Waals surface area contributed by atoms with E-state index < -0.39 is 5.60 Å². The lowest BCUT2D eigenvalue weighted by molar-refractivity contribution is 0.143. The maximum atomic E-state index is 9.68. The average Bonchev–Trinajstić information content (AvgIpc) is 2.61. The van der Waals surface area contributed by atoms with E-state index >= 15 is 0 Å². The summed E-state index contributed by atoms with van der Waals surface area (Å²) in [7, 11) is 0. The van der Waals surface area contributed by atoms with Crippen LogP contribution in [0.4, 0.5) is 0 Å². The molecule has 1 N–H and O–H groups in total. The molecule has 0 spiro atoms. The number of hydrogen-bond donors (Lipinski definition) is 1. The Balaban J connectivity index is 1.61. The van der Waals surface area contributed by atoms with E-state index in [-0.39, 0.29) is 0 Å². The molecule has 0 amide bonds. The van der Waals surface area contributed by atoms with Crippen molar-refractivity contribution >= 4 is 0 Å². The molecule has 4 nitrogen and oxygen atoms in total. The summed E-state index contributed by atoms with van der Waals surface area (Å²) in [5.41, 5.74) is 2.42. The van der Waals surface area contributed by atoms with Gasteiger partial charge in [-0.25, -0.2) is 9.97 Å². The number of aliphatic hydroxyl groups is 1. The second kappa shape index (κ2) is 7.77. The third kappa shape index (κ3) is 5.38. The molecule has 0 aliphatic carbocycles. The van der Waals surface area contributed by atoms with Gasteiger partial charge in [-0.2, -0.15) is 0 Å². The normalized spacial score (nSPS) is 18.4. The number of likely N-dealkylation sites (tertiary alicyclic amines) is 1. The van der Waals surface area contributed by atoms with Crippen molar-refractivity contribution in [3.63, 3.8) is 0 Å². The fourth-order valence-corrected chi connectivity index (χ4v) is 3.16. The summed E-state index contributed by atoms with van der Waals surface area (Å²) in [6.45, 7) is 6.50. The number of piperidine rings is 1. The fraction of sp³-hybridized carbons (Fsp3) is 0.429. The molecule has 1 aromatic carbocycles. The molecule has 1 fully saturated rings. The van der Waals surface area contributed by atoms with Crippen molar-refractivity contribution in [3.8, 4) is 11.8 Å². The van der Waals surface area contributed by atoms with Crippen LogP contribution in [-0.4, -0.2) is 38.7 Å². The lowest BCUT2D eigenvalue weighted by Gasteiger charge is -2.32. The Morgan fingerprint density at radius 2 is 2.04 bits per heavy atom. The van der Waals surface area contributed by atoms with Gasteiger partial charge in [0.1, 0.15) is 11.9 Å². The van der Waals surface area contributed by atoms with Crippen molar-refractivity contribution in [2.45, 2.75) is 44.8 Å². The molecule has 130 valence electrons. The van der Waals surface area contributed by atoms with Crippen LogP contribution in [0.1, 0.15) is 49.4 Å². The van der Waals surface area contributed by atoms with Crippen LogP contribution in [-0.2, 0) is 6.54 Å². The number of benzene rings is 1. The van der Waals surface area contributed by atoms with Gasteiger partial charge in [-0.15, -0.1) is 0 Å². The smallest absolute Gasteiger partial charge is 0.120 e. The van der Waals surface area contributed by atoms with Crippen LogP contribution in [0.5, 0.6) is 0 Å². The maximum absolute atomic E-state index is 9.68. The van der Waals surface area contributed by atoms with E-state index in [1.165, 1.54) is 18.4 Å². The average molecular weight is 335 g/mol. The Hall–Kier alpha value is -2.22. The first-order chi connectivity index (χ1) is 12.0. The Kier molecular flexibility index (Phi) is 5.47. The predicted octanol–water partition coefficient (Wildman–Crippen LogP) is 2.98. The van der Waals surface area contributed by atoms with E-state index in [4.69, 9.17) is 0 Å². The first-order valence-corrected chi connectivity index (χ1v) is 8.82. The van der Waals surface area contributed by atoms with Crippen molar-refractivity contribution in [2.24, 2.45) is 0 Å². The summed E-state index contributed by atoms with van der Waals surface area (Å²) in [6.07, 6.45) is 5.86. The van der Waals surface area contributed by atoms with Crippen LogP contribution in [0, 0.1) is 11.8 Å². The Bertz CT molecular complexity index is 739. The van der Waals surface area contributed by atoms with E-state index in [9.17, 15) is 5.11 Å². The molecule has 0 saturated carbocycles.